The highest BCUT2D eigenvalue weighted by molar-refractivity contribution is 14.0. The van der Waals surface area contributed by atoms with Crippen LogP contribution in [0.2, 0.25) is 0 Å². The van der Waals surface area contributed by atoms with E-state index in [0.717, 1.165) is 58.8 Å². The summed E-state index contributed by atoms with van der Waals surface area (Å²) in [5, 5.41) is 6.46. The van der Waals surface area contributed by atoms with E-state index in [1.165, 1.54) is 4.90 Å². The molecule has 0 aromatic carbocycles. The van der Waals surface area contributed by atoms with E-state index in [4.69, 9.17) is 4.74 Å². The van der Waals surface area contributed by atoms with Crippen molar-refractivity contribution in [3.8, 4) is 0 Å². The third-order valence-corrected chi connectivity index (χ3v) is 4.62. The Hall–Kier alpha value is -0.330. The number of halogens is 4. The van der Waals surface area contributed by atoms with Gasteiger partial charge in [-0.15, -0.1) is 24.0 Å². The molecule has 2 N–H and O–H groups in total. The summed E-state index contributed by atoms with van der Waals surface area (Å²) >= 11 is 0. The molecule has 0 saturated carbocycles. The second-order valence-corrected chi connectivity index (χ2v) is 6.90. The lowest BCUT2D eigenvalue weighted by Crippen LogP contribution is -2.45. The number of nitrogens with one attached hydrogen (secondary N) is 2. The molecule has 2 rings (SSSR count). The predicted octanol–water partition coefficient (Wildman–Crippen LogP) is 1.91. The Morgan fingerprint density at radius 3 is 2.56 bits per heavy atom. The van der Waals surface area contributed by atoms with Gasteiger partial charge in [0.15, 0.2) is 5.96 Å². The number of unbranched alkanes of at least 4 members (excludes halogenated alkanes) is 1. The number of morpholine rings is 1. The maximum atomic E-state index is 12.5. The van der Waals surface area contributed by atoms with E-state index < -0.39 is 12.7 Å². The standard InChI is InChI=1S/C17H32F3N5O.HI/c1-2-21-16(22-6-3-4-7-24-9-11-26-12-10-24)23-15-5-8-25(13-15)14-17(18,19)20;/h15H,2-14H2,1H3,(H2,21,22,23);1H. The summed E-state index contributed by atoms with van der Waals surface area (Å²) in [6.07, 6.45) is -1.34. The highest BCUT2D eigenvalue weighted by Crippen LogP contribution is 2.19. The number of alkyl halides is 3. The van der Waals surface area contributed by atoms with E-state index in [0.29, 0.717) is 25.5 Å². The van der Waals surface area contributed by atoms with Crippen LogP contribution >= 0.6 is 24.0 Å². The zero-order valence-corrected chi connectivity index (χ0v) is 18.4. The van der Waals surface area contributed by atoms with Crippen molar-refractivity contribution in [1.29, 1.82) is 0 Å². The van der Waals surface area contributed by atoms with Crippen LogP contribution < -0.4 is 10.6 Å². The van der Waals surface area contributed by atoms with Gasteiger partial charge in [0.25, 0.3) is 0 Å². The largest absolute Gasteiger partial charge is 0.401 e. The Kier molecular flexibility index (Phi) is 11.9. The molecular formula is C17H33F3IN5O. The molecule has 1 atom stereocenters. The Morgan fingerprint density at radius 2 is 1.89 bits per heavy atom. The number of ether oxygens (including phenoxy) is 1. The van der Waals surface area contributed by atoms with Gasteiger partial charge in [0.2, 0.25) is 0 Å². The van der Waals surface area contributed by atoms with Crippen molar-refractivity contribution >= 4 is 29.9 Å². The molecule has 0 aromatic heterocycles. The SMILES string of the molecule is CCNC(=NCCCCN1CCOCC1)NC1CCN(CC(F)(F)F)C1.I. The molecule has 0 spiro atoms. The first-order valence-corrected chi connectivity index (χ1v) is 9.60. The fraction of sp³-hybridized carbons (Fsp3) is 0.941. The van der Waals surface area contributed by atoms with E-state index in [9.17, 15) is 13.2 Å². The summed E-state index contributed by atoms with van der Waals surface area (Å²) in [5.74, 6) is 0.706. The van der Waals surface area contributed by atoms with Gasteiger partial charge in [-0.25, -0.2) is 0 Å². The number of hydrogen-bond acceptors (Lipinski definition) is 4. The molecule has 2 aliphatic rings. The van der Waals surface area contributed by atoms with Crippen LogP contribution in [-0.2, 0) is 4.74 Å². The molecule has 27 heavy (non-hydrogen) atoms. The topological polar surface area (TPSA) is 52.1 Å². The van der Waals surface area contributed by atoms with Crippen LogP contribution in [0.25, 0.3) is 0 Å². The number of aliphatic imine (C=N–C) groups is 1. The zero-order valence-electron chi connectivity index (χ0n) is 16.1. The normalized spacial score (nSPS) is 22.5. The zero-order chi connectivity index (χ0) is 18.8. The van der Waals surface area contributed by atoms with Crippen LogP contribution in [0, 0.1) is 0 Å². The summed E-state index contributed by atoms with van der Waals surface area (Å²) in [5.41, 5.74) is 0. The number of hydrogen-bond donors (Lipinski definition) is 2. The molecule has 2 heterocycles. The molecule has 1 unspecified atom stereocenters. The number of guanidine groups is 1. The minimum absolute atomic E-state index is 0. The van der Waals surface area contributed by atoms with Crippen LogP contribution in [0.1, 0.15) is 26.2 Å². The van der Waals surface area contributed by atoms with E-state index in [1.54, 1.807) is 0 Å². The van der Waals surface area contributed by atoms with Crippen molar-refractivity contribution in [2.24, 2.45) is 4.99 Å². The molecule has 2 fully saturated rings. The summed E-state index contributed by atoms with van der Waals surface area (Å²) in [6.45, 7) is 8.19. The van der Waals surface area contributed by atoms with Crippen molar-refractivity contribution in [2.45, 2.75) is 38.4 Å². The minimum Gasteiger partial charge on any atom is -0.379 e. The summed E-state index contributed by atoms with van der Waals surface area (Å²) in [4.78, 5) is 8.42. The van der Waals surface area contributed by atoms with Crippen molar-refractivity contribution < 1.29 is 17.9 Å². The fourth-order valence-electron chi connectivity index (χ4n) is 3.32. The van der Waals surface area contributed by atoms with E-state index in [1.807, 2.05) is 6.92 Å². The van der Waals surface area contributed by atoms with Gasteiger partial charge in [-0.2, -0.15) is 13.2 Å². The van der Waals surface area contributed by atoms with Crippen LogP contribution in [0.15, 0.2) is 4.99 Å². The average molecular weight is 507 g/mol. The van der Waals surface area contributed by atoms with E-state index in [-0.39, 0.29) is 30.0 Å². The van der Waals surface area contributed by atoms with Gasteiger partial charge in [0.05, 0.1) is 19.8 Å². The van der Waals surface area contributed by atoms with Crippen LogP contribution in [0.3, 0.4) is 0 Å². The molecule has 10 heteroatoms. The first-order chi connectivity index (χ1) is 12.5. The van der Waals surface area contributed by atoms with Gasteiger partial charge in [0.1, 0.15) is 0 Å². The quantitative estimate of drug-likeness (QED) is 0.228. The Morgan fingerprint density at radius 1 is 1.15 bits per heavy atom. The number of likely N-dealkylation sites (tertiary alicyclic amines) is 1. The molecular weight excluding hydrogens is 474 g/mol. The van der Waals surface area contributed by atoms with Crippen molar-refractivity contribution in [1.82, 2.24) is 20.4 Å². The molecule has 0 amide bonds. The maximum absolute atomic E-state index is 12.5. The fourth-order valence-corrected chi connectivity index (χ4v) is 3.32. The summed E-state index contributed by atoms with van der Waals surface area (Å²) in [6, 6.07) is 0.0171. The molecule has 2 saturated heterocycles. The van der Waals surface area contributed by atoms with Gasteiger partial charge in [0, 0.05) is 45.3 Å². The smallest absolute Gasteiger partial charge is 0.379 e. The Bertz CT molecular complexity index is 433. The van der Waals surface area contributed by atoms with Gasteiger partial charge < -0.3 is 15.4 Å². The first kappa shape index (κ1) is 24.7. The van der Waals surface area contributed by atoms with Crippen LogP contribution in [-0.4, -0.2) is 93.5 Å². The molecule has 0 bridgehead atoms. The van der Waals surface area contributed by atoms with Crippen LogP contribution in [0.5, 0.6) is 0 Å². The second kappa shape index (κ2) is 13.0. The van der Waals surface area contributed by atoms with Gasteiger partial charge in [-0.05, 0) is 32.7 Å². The minimum atomic E-state index is -4.13. The predicted molar refractivity (Wildman–Crippen MR) is 112 cm³/mol. The maximum Gasteiger partial charge on any atom is 0.401 e. The van der Waals surface area contributed by atoms with Gasteiger partial charge >= 0.3 is 6.18 Å². The third kappa shape index (κ3) is 10.7. The van der Waals surface area contributed by atoms with Crippen molar-refractivity contribution in [2.75, 3.05) is 65.6 Å². The lowest BCUT2D eigenvalue weighted by molar-refractivity contribution is -0.143. The molecule has 160 valence electrons. The molecule has 6 nitrogen and oxygen atoms in total. The second-order valence-electron chi connectivity index (χ2n) is 6.90. The van der Waals surface area contributed by atoms with Crippen molar-refractivity contribution in [3.63, 3.8) is 0 Å². The summed E-state index contributed by atoms with van der Waals surface area (Å²) in [7, 11) is 0. The van der Waals surface area contributed by atoms with Crippen LogP contribution in [0.4, 0.5) is 13.2 Å². The van der Waals surface area contributed by atoms with E-state index >= 15 is 0 Å². The third-order valence-electron chi connectivity index (χ3n) is 4.62. The first-order valence-electron chi connectivity index (χ1n) is 9.60. The highest BCUT2D eigenvalue weighted by Gasteiger charge is 2.34. The lowest BCUT2D eigenvalue weighted by Gasteiger charge is -2.26. The highest BCUT2D eigenvalue weighted by atomic mass is 127. The van der Waals surface area contributed by atoms with Gasteiger partial charge in [-0.1, -0.05) is 0 Å². The van der Waals surface area contributed by atoms with Gasteiger partial charge in [-0.3, -0.25) is 14.8 Å². The monoisotopic (exact) mass is 507 g/mol. The van der Waals surface area contributed by atoms with Crippen molar-refractivity contribution in [3.05, 3.63) is 0 Å². The number of rotatable bonds is 8. The molecule has 0 radical (unpaired) electrons. The molecule has 0 aliphatic carbocycles. The van der Waals surface area contributed by atoms with E-state index in [2.05, 4.69) is 20.5 Å². The molecule has 2 aliphatic heterocycles. The Balaban J connectivity index is 0.00000364. The number of nitrogens with zero attached hydrogens (tertiary/aromatic N) is 3. The lowest BCUT2D eigenvalue weighted by atomic mass is 10.2. The Labute approximate surface area is 177 Å². The average Bonchev–Trinajstić information content (AvgIpc) is 3.00. The molecule has 0 aromatic rings. The summed E-state index contributed by atoms with van der Waals surface area (Å²) < 4.78 is 42.8.